The van der Waals surface area contributed by atoms with Gasteiger partial charge >= 0.3 is 12.1 Å². The minimum atomic E-state index is -5.08. The molecule has 7 rings (SSSR count). The number of amides is 1. The maximum atomic E-state index is 12.6. The Bertz CT molecular complexity index is 1800. The number of carboxylic acids is 1. The molecule has 0 aliphatic carbocycles. The van der Waals surface area contributed by atoms with E-state index >= 15 is 0 Å². The number of hydrogen-bond donors (Lipinski definition) is 3. The molecule has 3 aromatic carbocycles. The quantitative estimate of drug-likeness (QED) is 0.200. The standard InChI is InChI=1S/C35H36N4O2.C2HF3O2/c40-34-30(31(22-36-34)28-4-2-1-3-5-28)20-27-10-12-29-32(37-38-33(29)21-27)13-11-25-6-8-26(9-7-25)23-39-17-14-35(15-18-39)16-19-41-24-35;3-2(4,5)1(6)7/h1-13,20-21,31H,14-19,22-24H2,(H,36,40)(H,37,38);(H,6,7)/b13-11+,30-20?;. The number of aromatic amines is 1. The number of hydrogen-bond acceptors (Lipinski definition) is 5. The Hall–Kier alpha value is -4.74. The summed E-state index contributed by atoms with van der Waals surface area (Å²) in [5.41, 5.74) is 7.77. The van der Waals surface area contributed by atoms with Gasteiger partial charge in [0.05, 0.1) is 17.8 Å². The molecule has 1 atom stereocenters. The van der Waals surface area contributed by atoms with E-state index in [-0.39, 0.29) is 11.8 Å². The Morgan fingerprint density at radius 1 is 1.00 bits per heavy atom. The predicted octanol–water partition coefficient (Wildman–Crippen LogP) is 6.67. The molecular formula is C37H37F3N4O4. The average Bonchev–Trinajstić information content (AvgIpc) is 3.81. The molecule has 3 aliphatic heterocycles. The van der Waals surface area contributed by atoms with E-state index < -0.39 is 12.1 Å². The van der Waals surface area contributed by atoms with Crippen LogP contribution in [-0.2, 0) is 20.9 Å². The number of likely N-dealkylation sites (tertiary alicyclic amines) is 1. The number of nitrogens with one attached hydrogen (secondary N) is 2. The Morgan fingerprint density at radius 3 is 2.38 bits per heavy atom. The fourth-order valence-corrected chi connectivity index (χ4v) is 6.57. The number of aromatic nitrogens is 2. The van der Waals surface area contributed by atoms with Crippen LogP contribution < -0.4 is 5.32 Å². The maximum Gasteiger partial charge on any atom is 0.490 e. The average molecular weight is 659 g/mol. The number of alkyl halides is 3. The van der Waals surface area contributed by atoms with E-state index in [1.807, 2.05) is 24.3 Å². The number of ether oxygens (including phenoxy) is 1. The van der Waals surface area contributed by atoms with Gasteiger partial charge in [-0.1, -0.05) is 66.7 Å². The van der Waals surface area contributed by atoms with E-state index in [4.69, 9.17) is 14.6 Å². The third kappa shape index (κ3) is 7.86. The Balaban J connectivity index is 0.000000519. The first-order valence-electron chi connectivity index (χ1n) is 16.0. The van der Waals surface area contributed by atoms with Crippen molar-refractivity contribution in [3.8, 4) is 0 Å². The zero-order chi connectivity index (χ0) is 33.7. The second kappa shape index (κ2) is 14.2. The minimum Gasteiger partial charge on any atom is -0.475 e. The molecule has 3 fully saturated rings. The van der Waals surface area contributed by atoms with Crippen molar-refractivity contribution in [2.75, 3.05) is 32.8 Å². The number of benzene rings is 3. The summed E-state index contributed by atoms with van der Waals surface area (Å²) in [6.07, 6.45) is 4.85. The van der Waals surface area contributed by atoms with Crippen molar-refractivity contribution >= 4 is 41.0 Å². The molecule has 0 radical (unpaired) electrons. The largest absolute Gasteiger partial charge is 0.490 e. The zero-order valence-corrected chi connectivity index (χ0v) is 26.3. The van der Waals surface area contributed by atoms with Gasteiger partial charge in [0.1, 0.15) is 0 Å². The number of halogens is 3. The summed E-state index contributed by atoms with van der Waals surface area (Å²) in [5, 5.41) is 18.9. The molecular weight excluding hydrogens is 621 g/mol. The number of carbonyl (C=O) groups excluding carboxylic acids is 1. The summed E-state index contributed by atoms with van der Waals surface area (Å²) in [6.45, 7) is 5.87. The van der Waals surface area contributed by atoms with Gasteiger partial charge in [-0.3, -0.25) is 14.8 Å². The normalized spacial score (nSPS) is 20.4. The minimum absolute atomic E-state index is 0.00157. The van der Waals surface area contributed by atoms with Crippen LogP contribution in [0.25, 0.3) is 29.1 Å². The molecule has 0 saturated carbocycles. The lowest BCUT2D eigenvalue weighted by Crippen LogP contribution is -2.39. The van der Waals surface area contributed by atoms with Crippen molar-refractivity contribution in [2.45, 2.75) is 37.9 Å². The highest BCUT2D eigenvalue weighted by atomic mass is 19.4. The summed E-state index contributed by atoms with van der Waals surface area (Å²) >= 11 is 0. The molecule has 3 aliphatic rings. The first kappa shape index (κ1) is 33.2. The summed E-state index contributed by atoms with van der Waals surface area (Å²) < 4.78 is 37.4. The van der Waals surface area contributed by atoms with Gasteiger partial charge in [0.2, 0.25) is 5.91 Å². The van der Waals surface area contributed by atoms with Gasteiger partial charge in [0.15, 0.2) is 0 Å². The third-order valence-corrected chi connectivity index (χ3v) is 9.41. The lowest BCUT2D eigenvalue weighted by atomic mass is 9.78. The van der Waals surface area contributed by atoms with Gasteiger partial charge in [-0.15, -0.1) is 0 Å². The fourth-order valence-electron chi connectivity index (χ4n) is 6.57. The van der Waals surface area contributed by atoms with Crippen molar-refractivity contribution < 1.29 is 32.6 Å². The van der Waals surface area contributed by atoms with Crippen LogP contribution in [0.15, 0.2) is 78.4 Å². The number of rotatable bonds is 6. The van der Waals surface area contributed by atoms with Gasteiger partial charge in [0, 0.05) is 36.6 Å². The van der Waals surface area contributed by atoms with Crippen molar-refractivity contribution in [1.29, 1.82) is 0 Å². The highest BCUT2D eigenvalue weighted by molar-refractivity contribution is 6.02. The van der Waals surface area contributed by atoms with Gasteiger partial charge in [0.25, 0.3) is 0 Å². The lowest BCUT2D eigenvalue weighted by molar-refractivity contribution is -0.192. The lowest BCUT2D eigenvalue weighted by Gasteiger charge is -2.38. The molecule has 3 saturated heterocycles. The number of piperidine rings is 1. The molecule has 250 valence electrons. The van der Waals surface area contributed by atoms with Crippen molar-refractivity contribution in [3.63, 3.8) is 0 Å². The molecule has 1 aromatic heterocycles. The number of aliphatic carboxylic acids is 1. The Labute approximate surface area is 276 Å². The monoisotopic (exact) mass is 658 g/mol. The van der Waals surface area contributed by atoms with Crippen molar-refractivity contribution in [3.05, 3.63) is 106 Å². The van der Waals surface area contributed by atoms with Crippen LogP contribution in [-0.4, -0.2) is 71.1 Å². The van der Waals surface area contributed by atoms with E-state index in [9.17, 15) is 18.0 Å². The number of nitrogens with zero attached hydrogens (tertiary/aromatic N) is 2. The predicted molar refractivity (Wildman–Crippen MR) is 178 cm³/mol. The summed E-state index contributed by atoms with van der Waals surface area (Å²) in [7, 11) is 0. The van der Waals surface area contributed by atoms with E-state index in [1.165, 1.54) is 24.8 Å². The molecule has 8 nitrogen and oxygen atoms in total. The number of carbonyl (C=O) groups is 2. The first-order chi connectivity index (χ1) is 23.1. The maximum absolute atomic E-state index is 12.6. The van der Waals surface area contributed by atoms with Crippen molar-refractivity contribution in [2.24, 2.45) is 5.41 Å². The molecule has 48 heavy (non-hydrogen) atoms. The third-order valence-electron chi connectivity index (χ3n) is 9.41. The van der Waals surface area contributed by atoms with Crippen LogP contribution in [0.3, 0.4) is 0 Å². The molecule has 3 N–H and O–H groups in total. The van der Waals surface area contributed by atoms with Gasteiger partial charge in [-0.05, 0) is 84.3 Å². The zero-order valence-electron chi connectivity index (χ0n) is 26.3. The van der Waals surface area contributed by atoms with Gasteiger partial charge in [-0.25, -0.2) is 4.79 Å². The molecule has 11 heteroatoms. The number of carboxylic acid groups (broad SMARTS) is 1. The van der Waals surface area contributed by atoms with Crippen LogP contribution in [0.4, 0.5) is 13.2 Å². The molecule has 4 aromatic rings. The van der Waals surface area contributed by atoms with Crippen LogP contribution in [0, 0.1) is 5.41 Å². The first-order valence-corrected chi connectivity index (χ1v) is 16.0. The topological polar surface area (TPSA) is 108 Å². The van der Waals surface area contributed by atoms with Crippen LogP contribution in [0.5, 0.6) is 0 Å². The summed E-state index contributed by atoms with van der Waals surface area (Å²) in [6, 6.07) is 25.3. The summed E-state index contributed by atoms with van der Waals surface area (Å²) in [5.74, 6) is -2.70. The molecule has 1 amide bonds. The summed E-state index contributed by atoms with van der Waals surface area (Å²) in [4.78, 5) is 24.1. The highest BCUT2D eigenvalue weighted by Gasteiger charge is 2.39. The molecule has 0 bridgehead atoms. The highest BCUT2D eigenvalue weighted by Crippen LogP contribution is 2.39. The van der Waals surface area contributed by atoms with Gasteiger partial charge in [-0.2, -0.15) is 18.3 Å². The Kier molecular flexibility index (Phi) is 9.79. The van der Waals surface area contributed by atoms with E-state index in [1.54, 1.807) is 0 Å². The fraction of sp³-hybridized carbons (Fsp3) is 0.324. The molecule has 4 heterocycles. The molecule has 1 spiro atoms. The number of H-pyrrole nitrogens is 1. The van der Waals surface area contributed by atoms with E-state index in [0.29, 0.717) is 12.0 Å². The second-order valence-electron chi connectivity index (χ2n) is 12.6. The van der Waals surface area contributed by atoms with Crippen LogP contribution in [0.2, 0.25) is 0 Å². The van der Waals surface area contributed by atoms with E-state index in [2.05, 4.69) is 87.2 Å². The van der Waals surface area contributed by atoms with Crippen LogP contribution >= 0.6 is 0 Å². The smallest absolute Gasteiger partial charge is 0.475 e. The van der Waals surface area contributed by atoms with E-state index in [0.717, 1.165) is 71.7 Å². The Morgan fingerprint density at radius 2 is 1.71 bits per heavy atom. The van der Waals surface area contributed by atoms with Crippen molar-refractivity contribution in [1.82, 2.24) is 20.4 Å². The molecule has 1 unspecified atom stereocenters. The van der Waals surface area contributed by atoms with Crippen LogP contribution in [0.1, 0.15) is 53.1 Å². The second-order valence-corrected chi connectivity index (χ2v) is 12.6. The SMILES string of the molecule is O=C(O)C(F)(F)F.O=C1NCC(c2ccccc2)C1=Cc1ccc2c(/C=C/c3ccc(CN4CCC5(CCOC5)CC4)cc3)n[nH]c2c1. The van der Waals surface area contributed by atoms with Gasteiger partial charge < -0.3 is 15.2 Å². The number of fused-ring (bicyclic) bond motifs is 1.